The predicted octanol–water partition coefficient (Wildman–Crippen LogP) is 2.96. The normalized spacial score (nSPS) is 15.5. The highest BCUT2D eigenvalue weighted by Gasteiger charge is 2.27. The molecule has 0 radical (unpaired) electrons. The molecule has 28 heavy (non-hydrogen) atoms. The minimum Gasteiger partial charge on any atom is -0.356 e. The summed E-state index contributed by atoms with van der Waals surface area (Å²) in [5.74, 6) is -0.154. The van der Waals surface area contributed by atoms with E-state index in [1.54, 1.807) is 11.1 Å². The number of aromatic nitrogens is 2. The summed E-state index contributed by atoms with van der Waals surface area (Å²) in [4.78, 5) is 30.7. The maximum Gasteiger partial charge on any atom is 0.223 e. The van der Waals surface area contributed by atoms with Crippen LogP contribution in [0.1, 0.15) is 36.2 Å². The van der Waals surface area contributed by atoms with E-state index in [-0.39, 0.29) is 24.3 Å². The summed E-state index contributed by atoms with van der Waals surface area (Å²) in [7, 11) is 0. The summed E-state index contributed by atoms with van der Waals surface area (Å²) in [6, 6.07) is 13.4. The Morgan fingerprint density at radius 2 is 1.96 bits per heavy atom. The Morgan fingerprint density at radius 1 is 1.14 bits per heavy atom. The first-order chi connectivity index (χ1) is 13.6. The van der Waals surface area contributed by atoms with Gasteiger partial charge < -0.3 is 14.6 Å². The lowest BCUT2D eigenvalue weighted by atomic mass is 9.93. The van der Waals surface area contributed by atoms with E-state index >= 15 is 0 Å². The van der Waals surface area contributed by atoms with E-state index in [4.69, 9.17) is 0 Å². The van der Waals surface area contributed by atoms with E-state index in [1.807, 2.05) is 65.3 Å². The number of amides is 2. The van der Waals surface area contributed by atoms with Crippen LogP contribution in [0.15, 0.2) is 61.1 Å². The number of benzene rings is 1. The van der Waals surface area contributed by atoms with Crippen molar-refractivity contribution in [1.29, 1.82) is 0 Å². The molecule has 4 rings (SSSR count). The fraction of sp³-hybridized carbons (Fsp3) is 0.227. The lowest BCUT2D eigenvalue weighted by Crippen LogP contribution is -2.35. The summed E-state index contributed by atoms with van der Waals surface area (Å²) in [5, 5.41) is 2.96. The molecular formula is C22H22N4O2. The van der Waals surface area contributed by atoms with Crippen molar-refractivity contribution in [3.05, 3.63) is 77.9 Å². The van der Waals surface area contributed by atoms with E-state index in [9.17, 15) is 9.59 Å². The number of fused-ring (bicyclic) bond motifs is 2. The van der Waals surface area contributed by atoms with Crippen molar-refractivity contribution in [3.8, 4) is 0 Å². The second-order valence-electron chi connectivity index (χ2n) is 6.89. The molecule has 1 aliphatic heterocycles. The van der Waals surface area contributed by atoms with Gasteiger partial charge in [0, 0.05) is 38.5 Å². The first kappa shape index (κ1) is 18.0. The number of nitrogens with one attached hydrogen (secondary N) is 1. The van der Waals surface area contributed by atoms with Crippen LogP contribution in [0.5, 0.6) is 0 Å². The van der Waals surface area contributed by atoms with Gasteiger partial charge in [0.15, 0.2) is 0 Å². The highest BCUT2D eigenvalue weighted by atomic mass is 16.2. The van der Waals surface area contributed by atoms with Gasteiger partial charge >= 0.3 is 0 Å². The van der Waals surface area contributed by atoms with Crippen LogP contribution in [0.4, 0.5) is 0 Å². The van der Waals surface area contributed by atoms with Gasteiger partial charge in [0.05, 0.1) is 18.2 Å². The zero-order chi connectivity index (χ0) is 19.5. The van der Waals surface area contributed by atoms with Crippen molar-refractivity contribution in [3.63, 3.8) is 0 Å². The summed E-state index contributed by atoms with van der Waals surface area (Å²) >= 11 is 0. The Hall–Kier alpha value is -3.41. The van der Waals surface area contributed by atoms with Crippen molar-refractivity contribution in [2.75, 3.05) is 6.54 Å². The van der Waals surface area contributed by atoms with E-state index in [1.165, 1.54) is 6.92 Å². The molecule has 6 nitrogen and oxygen atoms in total. The molecule has 1 aromatic carbocycles. The SMILES string of the molecule is CC(=O)N1C=Cc2ccccc2C1CC(=O)NCCc1cn2ccccc2n1. The molecular weight excluding hydrogens is 352 g/mol. The van der Waals surface area contributed by atoms with E-state index in [2.05, 4.69) is 10.3 Å². The van der Waals surface area contributed by atoms with Gasteiger partial charge in [-0.1, -0.05) is 30.3 Å². The smallest absolute Gasteiger partial charge is 0.223 e. The van der Waals surface area contributed by atoms with Crippen molar-refractivity contribution in [2.24, 2.45) is 0 Å². The highest BCUT2D eigenvalue weighted by molar-refractivity contribution is 5.81. The highest BCUT2D eigenvalue weighted by Crippen LogP contribution is 2.32. The summed E-state index contributed by atoms with van der Waals surface area (Å²) < 4.78 is 1.97. The minimum absolute atomic E-state index is 0.0757. The number of nitrogens with zero attached hydrogens (tertiary/aromatic N) is 3. The summed E-state index contributed by atoms with van der Waals surface area (Å²) in [6.07, 6.45) is 8.49. The molecule has 0 saturated carbocycles. The number of hydrogen-bond acceptors (Lipinski definition) is 3. The van der Waals surface area contributed by atoms with Crippen LogP contribution in [0.3, 0.4) is 0 Å². The van der Waals surface area contributed by atoms with Crippen molar-refractivity contribution >= 4 is 23.5 Å². The van der Waals surface area contributed by atoms with Crippen LogP contribution in [0.25, 0.3) is 11.7 Å². The van der Waals surface area contributed by atoms with Crippen LogP contribution in [-0.4, -0.2) is 32.6 Å². The summed E-state index contributed by atoms with van der Waals surface area (Å²) in [6.45, 7) is 2.03. The van der Waals surface area contributed by atoms with Gasteiger partial charge in [-0.15, -0.1) is 0 Å². The molecule has 2 aromatic heterocycles. The molecule has 1 atom stereocenters. The molecule has 1 unspecified atom stereocenters. The monoisotopic (exact) mass is 374 g/mol. The minimum atomic E-state index is -0.283. The van der Waals surface area contributed by atoms with Gasteiger partial charge in [-0.05, 0) is 29.3 Å². The number of carbonyl (C=O) groups is 2. The van der Waals surface area contributed by atoms with Crippen LogP contribution in [-0.2, 0) is 16.0 Å². The fourth-order valence-electron chi connectivity index (χ4n) is 3.60. The zero-order valence-electron chi connectivity index (χ0n) is 15.7. The molecule has 3 heterocycles. The first-order valence-corrected chi connectivity index (χ1v) is 9.37. The molecule has 3 aromatic rings. The Balaban J connectivity index is 1.39. The van der Waals surface area contributed by atoms with Crippen LogP contribution < -0.4 is 5.32 Å². The maximum absolute atomic E-state index is 12.6. The number of rotatable bonds is 5. The maximum atomic E-state index is 12.6. The number of hydrogen-bond donors (Lipinski definition) is 1. The quantitative estimate of drug-likeness (QED) is 0.747. The Bertz CT molecular complexity index is 1020. The molecule has 0 bridgehead atoms. The zero-order valence-corrected chi connectivity index (χ0v) is 15.7. The molecule has 6 heteroatoms. The molecule has 0 saturated heterocycles. The molecule has 0 aliphatic carbocycles. The van der Waals surface area contributed by atoms with Gasteiger partial charge in [0.2, 0.25) is 11.8 Å². The molecule has 0 fully saturated rings. The summed E-state index contributed by atoms with van der Waals surface area (Å²) in [5.41, 5.74) is 3.87. The third-order valence-electron chi connectivity index (χ3n) is 4.97. The lowest BCUT2D eigenvalue weighted by Gasteiger charge is -2.32. The molecule has 0 spiro atoms. The Morgan fingerprint density at radius 3 is 2.79 bits per heavy atom. The van der Waals surface area contributed by atoms with Crippen molar-refractivity contribution in [1.82, 2.24) is 19.6 Å². The third-order valence-corrected chi connectivity index (χ3v) is 4.97. The topological polar surface area (TPSA) is 66.7 Å². The number of carbonyl (C=O) groups excluding carboxylic acids is 2. The van der Waals surface area contributed by atoms with Crippen LogP contribution in [0.2, 0.25) is 0 Å². The van der Waals surface area contributed by atoms with E-state index in [0.717, 1.165) is 22.5 Å². The molecule has 2 amide bonds. The van der Waals surface area contributed by atoms with E-state index < -0.39 is 0 Å². The van der Waals surface area contributed by atoms with Gasteiger partial charge in [0.1, 0.15) is 5.65 Å². The van der Waals surface area contributed by atoms with Gasteiger partial charge in [-0.25, -0.2) is 4.98 Å². The number of pyridine rings is 1. The second-order valence-corrected chi connectivity index (χ2v) is 6.89. The fourth-order valence-corrected chi connectivity index (χ4v) is 3.60. The second kappa shape index (κ2) is 7.68. The third kappa shape index (κ3) is 3.67. The standard InChI is InChI=1S/C22H22N4O2/c1-16(27)26-13-10-17-6-2-3-7-19(17)20(26)14-22(28)23-11-9-18-15-25-12-5-4-8-21(25)24-18/h2-8,10,12-13,15,20H,9,11,14H2,1H3,(H,23,28). The van der Waals surface area contributed by atoms with Crippen LogP contribution in [0, 0.1) is 0 Å². The lowest BCUT2D eigenvalue weighted by molar-refractivity contribution is -0.129. The molecule has 1 N–H and O–H groups in total. The predicted molar refractivity (Wildman–Crippen MR) is 107 cm³/mol. The number of imidazole rings is 1. The van der Waals surface area contributed by atoms with Crippen LogP contribution >= 0.6 is 0 Å². The van der Waals surface area contributed by atoms with Gasteiger partial charge in [0.25, 0.3) is 0 Å². The van der Waals surface area contributed by atoms with Crippen molar-refractivity contribution < 1.29 is 9.59 Å². The first-order valence-electron chi connectivity index (χ1n) is 9.37. The molecule has 1 aliphatic rings. The van der Waals surface area contributed by atoms with Crippen molar-refractivity contribution in [2.45, 2.75) is 25.8 Å². The average molecular weight is 374 g/mol. The van der Waals surface area contributed by atoms with Gasteiger partial charge in [-0.3, -0.25) is 9.59 Å². The largest absolute Gasteiger partial charge is 0.356 e. The van der Waals surface area contributed by atoms with Gasteiger partial charge in [-0.2, -0.15) is 0 Å². The Labute approximate surface area is 163 Å². The molecule has 142 valence electrons. The Kier molecular flexibility index (Phi) is 4.93. The average Bonchev–Trinajstić information content (AvgIpc) is 3.10. The van der Waals surface area contributed by atoms with E-state index in [0.29, 0.717) is 13.0 Å².